The van der Waals surface area contributed by atoms with Crippen LogP contribution in [0.2, 0.25) is 0 Å². The smallest absolute Gasteiger partial charge is 0.0951 e. The lowest BCUT2D eigenvalue weighted by atomic mass is 10.3. The summed E-state index contributed by atoms with van der Waals surface area (Å²) < 4.78 is 0. The summed E-state index contributed by atoms with van der Waals surface area (Å²) in [7, 11) is 0. The number of hydrogen-bond acceptors (Lipinski definition) is 4. The van der Waals surface area contributed by atoms with Gasteiger partial charge >= 0.3 is 0 Å². The topological polar surface area (TPSA) is 59.1 Å². The number of hydrogen-bond donors (Lipinski definition) is 2. The van der Waals surface area contributed by atoms with Gasteiger partial charge in [-0.05, 0) is 0 Å². The molecule has 0 aliphatic carbocycles. The summed E-state index contributed by atoms with van der Waals surface area (Å²) in [5.41, 5.74) is 5.22. The second-order valence-corrected chi connectivity index (χ2v) is 3.00. The van der Waals surface area contributed by atoms with Crippen LogP contribution in [-0.4, -0.2) is 22.7 Å². The Labute approximate surface area is 63.5 Å². The van der Waals surface area contributed by atoms with E-state index in [1.54, 1.807) is 6.20 Å². The monoisotopic (exact) mass is 158 g/mol. The molecule has 0 spiro atoms. The second-order valence-electron chi connectivity index (χ2n) is 2.02. The van der Waals surface area contributed by atoms with E-state index >= 15 is 0 Å². The minimum atomic E-state index is -0.439. The highest BCUT2D eigenvalue weighted by Crippen LogP contribution is 2.05. The second kappa shape index (κ2) is 3.65. The van der Waals surface area contributed by atoms with Gasteiger partial charge in [0, 0.05) is 24.5 Å². The Morgan fingerprint density at radius 1 is 1.80 bits per heavy atom. The van der Waals surface area contributed by atoms with Gasteiger partial charge in [-0.3, -0.25) is 0 Å². The molecule has 0 bridgehead atoms. The molecule has 1 unspecified atom stereocenters. The predicted octanol–water partition coefficient (Wildman–Crippen LogP) is 0.00520. The lowest BCUT2D eigenvalue weighted by Crippen LogP contribution is -2.21. The maximum absolute atomic E-state index is 9.07. The summed E-state index contributed by atoms with van der Waals surface area (Å²) in [4.78, 5) is 4.01. The van der Waals surface area contributed by atoms with Crippen LogP contribution in [0.4, 0.5) is 0 Å². The highest BCUT2D eigenvalue weighted by Gasteiger charge is 2.03. The van der Waals surface area contributed by atoms with Gasteiger partial charge in [0.05, 0.1) is 11.1 Å². The van der Waals surface area contributed by atoms with Gasteiger partial charge in [0.15, 0.2) is 0 Å². The van der Waals surface area contributed by atoms with Crippen LogP contribution in [0.25, 0.3) is 0 Å². The van der Waals surface area contributed by atoms with Crippen LogP contribution in [0.5, 0.6) is 0 Å². The summed E-state index contributed by atoms with van der Waals surface area (Å²) in [5, 5.41) is 11.9. The minimum absolute atomic E-state index is 0.305. The molecule has 1 heterocycles. The molecule has 10 heavy (non-hydrogen) atoms. The van der Waals surface area contributed by atoms with Crippen molar-refractivity contribution in [2.45, 2.75) is 12.5 Å². The molecule has 1 atom stereocenters. The van der Waals surface area contributed by atoms with Crippen LogP contribution in [0.1, 0.15) is 5.01 Å². The van der Waals surface area contributed by atoms with Gasteiger partial charge in [-0.2, -0.15) is 0 Å². The maximum atomic E-state index is 9.07. The summed E-state index contributed by atoms with van der Waals surface area (Å²) in [5.74, 6) is 0. The van der Waals surface area contributed by atoms with Crippen molar-refractivity contribution in [3.05, 3.63) is 16.6 Å². The van der Waals surface area contributed by atoms with E-state index in [1.807, 2.05) is 5.38 Å². The van der Waals surface area contributed by atoms with E-state index in [9.17, 15) is 0 Å². The van der Waals surface area contributed by atoms with Crippen LogP contribution in [0.3, 0.4) is 0 Å². The molecule has 1 aromatic rings. The first-order valence-corrected chi connectivity index (χ1v) is 3.97. The molecule has 1 aromatic heterocycles. The van der Waals surface area contributed by atoms with Crippen molar-refractivity contribution in [3.8, 4) is 0 Å². The lowest BCUT2D eigenvalue weighted by Gasteiger charge is -2.02. The molecule has 0 saturated carbocycles. The zero-order chi connectivity index (χ0) is 7.40. The third kappa shape index (κ3) is 2.06. The maximum Gasteiger partial charge on any atom is 0.0951 e. The van der Waals surface area contributed by atoms with E-state index in [1.165, 1.54) is 11.3 Å². The zero-order valence-electron chi connectivity index (χ0n) is 5.53. The summed E-state index contributed by atoms with van der Waals surface area (Å²) in [6.45, 7) is 0.305. The number of nitrogens with two attached hydrogens (primary N) is 1. The molecule has 56 valence electrons. The molecule has 4 heteroatoms. The van der Waals surface area contributed by atoms with Crippen molar-refractivity contribution in [2.75, 3.05) is 6.54 Å². The molecule has 0 aromatic carbocycles. The number of rotatable bonds is 3. The number of aliphatic hydroxyl groups is 1. The third-order valence-corrected chi connectivity index (χ3v) is 1.97. The number of aromatic nitrogens is 1. The van der Waals surface area contributed by atoms with E-state index in [-0.39, 0.29) is 0 Å². The van der Waals surface area contributed by atoms with E-state index in [0.717, 1.165) is 5.01 Å². The van der Waals surface area contributed by atoms with Crippen molar-refractivity contribution >= 4 is 11.3 Å². The lowest BCUT2D eigenvalue weighted by molar-refractivity contribution is 0.183. The first-order valence-electron chi connectivity index (χ1n) is 3.09. The van der Waals surface area contributed by atoms with Crippen LogP contribution in [0.15, 0.2) is 11.6 Å². The van der Waals surface area contributed by atoms with Gasteiger partial charge in [-0.25, -0.2) is 4.98 Å². The standard InChI is InChI=1S/C6H10N2OS/c7-4-5(9)3-6-8-1-2-10-6/h1-2,5,9H,3-4,7H2. The molecule has 3 nitrogen and oxygen atoms in total. The largest absolute Gasteiger partial charge is 0.391 e. The van der Waals surface area contributed by atoms with Crippen molar-refractivity contribution < 1.29 is 5.11 Å². The van der Waals surface area contributed by atoms with Gasteiger partial charge in [0.25, 0.3) is 0 Å². The van der Waals surface area contributed by atoms with Crippen LogP contribution in [0, 0.1) is 0 Å². The fourth-order valence-electron chi connectivity index (χ4n) is 0.639. The van der Waals surface area contributed by atoms with Gasteiger partial charge < -0.3 is 10.8 Å². The average molecular weight is 158 g/mol. The fourth-order valence-corrected chi connectivity index (χ4v) is 1.33. The van der Waals surface area contributed by atoms with Crippen molar-refractivity contribution in [1.29, 1.82) is 0 Å². The average Bonchev–Trinajstić information content (AvgIpc) is 2.40. The molecule has 1 rings (SSSR count). The van der Waals surface area contributed by atoms with Gasteiger partial charge in [0.2, 0.25) is 0 Å². The summed E-state index contributed by atoms with van der Waals surface area (Å²) in [6, 6.07) is 0. The van der Waals surface area contributed by atoms with Crippen molar-refractivity contribution in [1.82, 2.24) is 4.98 Å². The fraction of sp³-hybridized carbons (Fsp3) is 0.500. The zero-order valence-corrected chi connectivity index (χ0v) is 6.34. The Morgan fingerprint density at radius 2 is 2.60 bits per heavy atom. The molecule has 0 amide bonds. The molecule has 3 N–H and O–H groups in total. The van der Waals surface area contributed by atoms with Crippen molar-refractivity contribution in [3.63, 3.8) is 0 Å². The van der Waals surface area contributed by atoms with Gasteiger partial charge in [-0.1, -0.05) is 0 Å². The highest BCUT2D eigenvalue weighted by atomic mass is 32.1. The summed E-state index contributed by atoms with van der Waals surface area (Å²) >= 11 is 1.54. The molecule has 0 aliphatic rings. The first-order chi connectivity index (χ1) is 4.83. The van der Waals surface area contributed by atoms with Crippen molar-refractivity contribution in [2.24, 2.45) is 5.73 Å². The molecular formula is C6H10N2OS. The SMILES string of the molecule is NCC(O)Cc1nccs1. The number of aliphatic hydroxyl groups excluding tert-OH is 1. The quantitative estimate of drug-likeness (QED) is 0.651. The van der Waals surface area contributed by atoms with E-state index in [4.69, 9.17) is 10.8 Å². The Morgan fingerprint density at radius 3 is 3.10 bits per heavy atom. The Balaban J connectivity index is 2.40. The van der Waals surface area contributed by atoms with E-state index in [0.29, 0.717) is 13.0 Å². The van der Waals surface area contributed by atoms with Crippen LogP contribution in [-0.2, 0) is 6.42 Å². The van der Waals surface area contributed by atoms with Gasteiger partial charge in [-0.15, -0.1) is 11.3 Å². The molecule has 0 radical (unpaired) electrons. The normalized spacial score (nSPS) is 13.4. The number of thiazole rings is 1. The molecule has 0 fully saturated rings. The Bertz CT molecular complexity index is 176. The van der Waals surface area contributed by atoms with Crippen LogP contribution >= 0.6 is 11.3 Å². The minimum Gasteiger partial charge on any atom is -0.391 e. The molecule has 0 aliphatic heterocycles. The first kappa shape index (κ1) is 7.65. The van der Waals surface area contributed by atoms with E-state index in [2.05, 4.69) is 4.98 Å². The highest BCUT2D eigenvalue weighted by molar-refractivity contribution is 7.09. The Hall–Kier alpha value is -0.450. The van der Waals surface area contributed by atoms with E-state index < -0.39 is 6.10 Å². The van der Waals surface area contributed by atoms with Crippen LogP contribution < -0.4 is 5.73 Å². The van der Waals surface area contributed by atoms with Gasteiger partial charge in [0.1, 0.15) is 0 Å². The third-order valence-electron chi connectivity index (χ3n) is 1.17. The predicted molar refractivity (Wildman–Crippen MR) is 40.9 cm³/mol. The Kier molecular flexibility index (Phi) is 2.80. The number of nitrogens with zero attached hydrogens (tertiary/aromatic N) is 1. The molecule has 0 saturated heterocycles. The molecular weight excluding hydrogens is 148 g/mol. The summed E-state index contributed by atoms with van der Waals surface area (Å²) in [6.07, 6.45) is 1.86.